The summed E-state index contributed by atoms with van der Waals surface area (Å²) in [6.45, 7) is 0. The minimum Gasteiger partial charge on any atom is -0.310 e. The van der Waals surface area contributed by atoms with Crippen molar-refractivity contribution in [3.05, 3.63) is 210 Å². The van der Waals surface area contributed by atoms with Crippen molar-refractivity contribution >= 4 is 70.0 Å². The van der Waals surface area contributed by atoms with Gasteiger partial charge in [-0.25, -0.2) is 0 Å². The van der Waals surface area contributed by atoms with Crippen LogP contribution in [-0.2, 0) is 5.41 Å². The monoisotopic (exact) mass is 721 g/mol. The first kappa shape index (κ1) is 30.2. The van der Waals surface area contributed by atoms with E-state index in [1.165, 1.54) is 85.2 Å². The van der Waals surface area contributed by atoms with Gasteiger partial charge in [0.25, 0.3) is 0 Å². The standard InChI is InChI=1S/C51H31NS2/c1-2-14-34(15-3-1)52(36-26-27-40-39-19-6-10-23-46(39)53-48(40)31-36)35-16-12-13-32(29-35)33-25-28-45-42(30-33)49-41-20-7-11-24-47(41)54-50(49)51(45)43-21-8-4-17-37(43)38-18-5-9-22-44(38)51/h1-31H. The lowest BCUT2D eigenvalue weighted by atomic mass is 9.73. The lowest BCUT2D eigenvalue weighted by Crippen LogP contribution is -2.24. The number of benzene rings is 8. The van der Waals surface area contributed by atoms with E-state index in [-0.39, 0.29) is 5.41 Å². The van der Waals surface area contributed by atoms with E-state index in [4.69, 9.17) is 0 Å². The normalized spacial score (nSPS) is 13.3. The average Bonchev–Trinajstić information content (AvgIpc) is 3.96. The van der Waals surface area contributed by atoms with Crippen LogP contribution in [-0.4, -0.2) is 0 Å². The fourth-order valence-electron chi connectivity index (χ4n) is 9.43. The van der Waals surface area contributed by atoms with E-state index >= 15 is 0 Å². The number of rotatable bonds is 4. The average molecular weight is 722 g/mol. The van der Waals surface area contributed by atoms with Gasteiger partial charge in [-0.15, -0.1) is 22.7 Å². The second kappa shape index (κ2) is 11.4. The Bertz CT molecular complexity index is 3080. The molecule has 2 aliphatic carbocycles. The zero-order chi connectivity index (χ0) is 35.4. The molecule has 12 rings (SSSR count). The largest absolute Gasteiger partial charge is 0.310 e. The van der Waals surface area contributed by atoms with Crippen LogP contribution < -0.4 is 4.90 Å². The van der Waals surface area contributed by atoms with Gasteiger partial charge in [0.05, 0.1) is 5.41 Å². The maximum atomic E-state index is 2.47. The molecule has 252 valence electrons. The first-order chi connectivity index (χ1) is 26.8. The molecule has 1 nitrogen and oxygen atoms in total. The van der Waals surface area contributed by atoms with Crippen LogP contribution in [0.4, 0.5) is 17.1 Å². The van der Waals surface area contributed by atoms with Gasteiger partial charge in [-0.05, 0) is 99.1 Å². The van der Waals surface area contributed by atoms with Crippen molar-refractivity contribution in [3.63, 3.8) is 0 Å². The molecule has 2 aliphatic rings. The maximum absolute atomic E-state index is 2.47. The summed E-state index contributed by atoms with van der Waals surface area (Å²) in [5.41, 5.74) is 15.1. The van der Waals surface area contributed by atoms with Gasteiger partial charge < -0.3 is 4.90 Å². The zero-order valence-electron chi connectivity index (χ0n) is 29.2. The third-order valence-electron chi connectivity index (χ3n) is 11.7. The molecule has 2 heterocycles. The van der Waals surface area contributed by atoms with E-state index in [2.05, 4.69) is 193 Å². The second-order valence-corrected chi connectivity index (χ2v) is 16.5. The maximum Gasteiger partial charge on any atom is 0.0819 e. The van der Waals surface area contributed by atoms with Crippen LogP contribution in [0.2, 0.25) is 0 Å². The Morgan fingerprint density at radius 1 is 0.352 bits per heavy atom. The summed E-state index contributed by atoms with van der Waals surface area (Å²) in [6.07, 6.45) is 0. The number of hydrogen-bond donors (Lipinski definition) is 0. The van der Waals surface area contributed by atoms with Crippen LogP contribution in [0, 0.1) is 0 Å². The summed E-state index contributed by atoms with van der Waals surface area (Å²) in [4.78, 5) is 3.83. The molecule has 10 aromatic rings. The van der Waals surface area contributed by atoms with Gasteiger partial charge in [-0.1, -0.05) is 133 Å². The molecule has 0 saturated carbocycles. The highest BCUT2D eigenvalue weighted by Crippen LogP contribution is 2.66. The zero-order valence-corrected chi connectivity index (χ0v) is 30.8. The van der Waals surface area contributed by atoms with Crippen LogP contribution in [0.25, 0.3) is 63.6 Å². The van der Waals surface area contributed by atoms with Crippen LogP contribution >= 0.6 is 22.7 Å². The lowest BCUT2D eigenvalue weighted by molar-refractivity contribution is 0.812. The number of nitrogens with zero attached hydrogens (tertiary/aromatic N) is 1. The van der Waals surface area contributed by atoms with Crippen LogP contribution in [0.5, 0.6) is 0 Å². The molecule has 0 amide bonds. The Kier molecular flexibility index (Phi) is 6.36. The number of thiophene rings is 2. The molecule has 0 unspecified atom stereocenters. The van der Waals surface area contributed by atoms with E-state index in [0.717, 1.165) is 17.1 Å². The molecule has 0 aliphatic heterocycles. The van der Waals surface area contributed by atoms with E-state index in [1.54, 1.807) is 0 Å². The molecule has 0 fully saturated rings. The fourth-order valence-corrected chi connectivity index (χ4v) is 12.0. The third kappa shape index (κ3) is 4.08. The van der Waals surface area contributed by atoms with Crippen LogP contribution in [0.1, 0.15) is 21.6 Å². The van der Waals surface area contributed by atoms with Gasteiger partial charge in [0.15, 0.2) is 0 Å². The molecule has 0 N–H and O–H groups in total. The van der Waals surface area contributed by atoms with Gasteiger partial charge in [0.2, 0.25) is 0 Å². The Morgan fingerprint density at radius 3 is 1.74 bits per heavy atom. The molecule has 0 atom stereocenters. The van der Waals surface area contributed by atoms with Gasteiger partial charge in [0, 0.05) is 57.8 Å². The van der Waals surface area contributed by atoms with Crippen molar-refractivity contribution in [1.29, 1.82) is 0 Å². The molecular formula is C51H31NS2. The van der Waals surface area contributed by atoms with Crippen molar-refractivity contribution in [2.24, 2.45) is 0 Å². The van der Waals surface area contributed by atoms with Gasteiger partial charge in [-0.2, -0.15) is 0 Å². The van der Waals surface area contributed by atoms with E-state index in [9.17, 15) is 0 Å². The molecule has 3 heteroatoms. The smallest absolute Gasteiger partial charge is 0.0819 e. The molecule has 8 aromatic carbocycles. The van der Waals surface area contributed by atoms with Gasteiger partial charge in [-0.3, -0.25) is 0 Å². The highest BCUT2D eigenvalue weighted by Gasteiger charge is 2.53. The predicted octanol–water partition coefficient (Wildman–Crippen LogP) is 14.7. The Labute approximate surface area is 321 Å². The summed E-state index contributed by atoms with van der Waals surface area (Å²) in [5.74, 6) is 0. The third-order valence-corrected chi connectivity index (χ3v) is 14.1. The SMILES string of the molecule is c1ccc(N(c2cccc(-c3ccc4c(c3)-c3c(sc5ccccc35)C43c4ccccc4-c4ccccc43)c2)c2ccc3c(c2)sc2ccccc23)cc1. The lowest BCUT2D eigenvalue weighted by Gasteiger charge is -2.29. The van der Waals surface area contributed by atoms with Crippen molar-refractivity contribution in [1.82, 2.24) is 0 Å². The van der Waals surface area contributed by atoms with Gasteiger partial charge >= 0.3 is 0 Å². The minimum absolute atomic E-state index is 0.336. The highest BCUT2D eigenvalue weighted by molar-refractivity contribution is 7.25. The van der Waals surface area contributed by atoms with Gasteiger partial charge in [0.1, 0.15) is 0 Å². The van der Waals surface area contributed by atoms with Crippen molar-refractivity contribution in [2.75, 3.05) is 4.90 Å². The molecule has 2 aromatic heterocycles. The van der Waals surface area contributed by atoms with Crippen molar-refractivity contribution < 1.29 is 0 Å². The minimum atomic E-state index is -0.336. The topological polar surface area (TPSA) is 3.24 Å². The summed E-state index contributed by atoms with van der Waals surface area (Å²) >= 11 is 3.83. The predicted molar refractivity (Wildman–Crippen MR) is 231 cm³/mol. The highest BCUT2D eigenvalue weighted by atomic mass is 32.1. The Morgan fingerprint density at radius 2 is 0.944 bits per heavy atom. The first-order valence-corrected chi connectivity index (χ1v) is 20.1. The van der Waals surface area contributed by atoms with Crippen LogP contribution in [0.15, 0.2) is 188 Å². The van der Waals surface area contributed by atoms with E-state index < -0.39 is 0 Å². The number of hydrogen-bond acceptors (Lipinski definition) is 3. The summed E-state index contributed by atoms with van der Waals surface area (Å²) in [6, 6.07) is 69.9. The summed E-state index contributed by atoms with van der Waals surface area (Å²) < 4.78 is 3.96. The molecule has 0 bridgehead atoms. The van der Waals surface area contributed by atoms with E-state index in [1.807, 2.05) is 22.7 Å². The molecule has 0 radical (unpaired) electrons. The number of anilines is 3. The first-order valence-electron chi connectivity index (χ1n) is 18.5. The van der Waals surface area contributed by atoms with Crippen molar-refractivity contribution in [3.8, 4) is 33.4 Å². The number of fused-ring (bicyclic) bond motifs is 15. The summed E-state index contributed by atoms with van der Waals surface area (Å²) in [7, 11) is 0. The molecule has 1 spiro atoms. The van der Waals surface area contributed by atoms with Crippen LogP contribution in [0.3, 0.4) is 0 Å². The van der Waals surface area contributed by atoms with E-state index in [0.29, 0.717) is 0 Å². The Balaban J connectivity index is 1.05. The quantitative estimate of drug-likeness (QED) is 0.175. The fraction of sp³-hybridized carbons (Fsp3) is 0.0196. The molecule has 0 saturated heterocycles. The van der Waals surface area contributed by atoms with Crippen molar-refractivity contribution in [2.45, 2.75) is 5.41 Å². The molecular weight excluding hydrogens is 691 g/mol. The molecule has 54 heavy (non-hydrogen) atoms. The summed E-state index contributed by atoms with van der Waals surface area (Å²) in [5, 5.41) is 3.97. The Hall–Kier alpha value is -6.26. The number of para-hydroxylation sites is 1. The second-order valence-electron chi connectivity index (χ2n) is 14.4.